The molecule has 1 aromatic rings. The van der Waals surface area contributed by atoms with Crippen LogP contribution in [-0.2, 0) is 11.3 Å². The third-order valence-electron chi connectivity index (χ3n) is 4.45. The van der Waals surface area contributed by atoms with Gasteiger partial charge in [-0.05, 0) is 37.5 Å². The summed E-state index contributed by atoms with van der Waals surface area (Å²) in [5.74, 6) is 0.0905. The van der Waals surface area contributed by atoms with Crippen molar-refractivity contribution < 1.29 is 4.79 Å². The lowest BCUT2D eigenvalue weighted by Gasteiger charge is -2.31. The summed E-state index contributed by atoms with van der Waals surface area (Å²) in [7, 11) is 0. The van der Waals surface area contributed by atoms with Gasteiger partial charge in [0, 0.05) is 37.7 Å². The van der Waals surface area contributed by atoms with Crippen molar-refractivity contribution in [1.29, 1.82) is 0 Å². The molecule has 1 unspecified atom stereocenters. The van der Waals surface area contributed by atoms with Crippen molar-refractivity contribution in [3.05, 3.63) is 34.9 Å². The molecule has 1 heterocycles. The molecule has 0 spiro atoms. The monoisotopic (exact) mass is 337 g/mol. The maximum absolute atomic E-state index is 12.6. The van der Waals surface area contributed by atoms with Crippen LogP contribution in [0.3, 0.4) is 0 Å². The van der Waals surface area contributed by atoms with Gasteiger partial charge >= 0.3 is 0 Å². The lowest BCUT2D eigenvalue weighted by molar-refractivity contribution is -0.136. The van der Waals surface area contributed by atoms with E-state index in [0.29, 0.717) is 0 Å². The highest BCUT2D eigenvalue weighted by molar-refractivity contribution is 6.30. The van der Waals surface area contributed by atoms with E-state index in [4.69, 9.17) is 17.3 Å². The molecule has 4 nitrogen and oxygen atoms in total. The van der Waals surface area contributed by atoms with Crippen molar-refractivity contribution in [1.82, 2.24) is 9.80 Å². The Bertz CT molecular complexity index is 516. The summed E-state index contributed by atoms with van der Waals surface area (Å²) in [5.41, 5.74) is 6.73. The molecule has 1 amide bonds. The molecule has 1 aromatic carbocycles. The zero-order valence-corrected chi connectivity index (χ0v) is 15.0. The minimum absolute atomic E-state index is 0.0905. The maximum Gasteiger partial charge on any atom is 0.242 e. The van der Waals surface area contributed by atoms with Gasteiger partial charge in [-0.25, -0.2) is 0 Å². The molecule has 1 atom stereocenters. The largest absolute Gasteiger partial charge is 0.340 e. The van der Waals surface area contributed by atoms with Crippen LogP contribution in [0.25, 0.3) is 0 Å². The van der Waals surface area contributed by atoms with Gasteiger partial charge in [0.25, 0.3) is 0 Å². The molecule has 128 valence electrons. The second kappa shape index (κ2) is 8.13. The van der Waals surface area contributed by atoms with E-state index in [1.807, 2.05) is 24.0 Å². The molecule has 0 bridgehead atoms. The Morgan fingerprint density at radius 1 is 1.22 bits per heavy atom. The Balaban J connectivity index is 1.91. The normalized spacial score (nSPS) is 19.2. The van der Waals surface area contributed by atoms with Crippen molar-refractivity contribution in [2.45, 2.75) is 45.2 Å². The van der Waals surface area contributed by atoms with E-state index in [2.05, 4.69) is 24.0 Å². The van der Waals surface area contributed by atoms with Gasteiger partial charge in [0.15, 0.2) is 0 Å². The zero-order valence-electron chi connectivity index (χ0n) is 14.2. The summed E-state index contributed by atoms with van der Waals surface area (Å²) in [6.45, 7) is 8.26. The van der Waals surface area contributed by atoms with E-state index >= 15 is 0 Å². The number of rotatable bonds is 5. The average Bonchev–Trinajstić information content (AvgIpc) is 2.74. The maximum atomic E-state index is 12.6. The molecule has 0 aromatic heterocycles. The van der Waals surface area contributed by atoms with E-state index in [0.717, 1.165) is 57.0 Å². The highest BCUT2D eigenvalue weighted by Crippen LogP contribution is 2.16. The smallest absolute Gasteiger partial charge is 0.242 e. The molecule has 0 saturated carbocycles. The number of amides is 1. The van der Waals surface area contributed by atoms with Gasteiger partial charge < -0.3 is 10.6 Å². The van der Waals surface area contributed by atoms with E-state index in [-0.39, 0.29) is 5.91 Å². The number of carbonyl (C=O) groups is 1. The van der Waals surface area contributed by atoms with E-state index in [1.165, 1.54) is 5.56 Å². The molecule has 5 heteroatoms. The van der Waals surface area contributed by atoms with Crippen molar-refractivity contribution in [2.75, 3.05) is 26.2 Å². The van der Waals surface area contributed by atoms with Gasteiger partial charge in [-0.3, -0.25) is 9.69 Å². The third kappa shape index (κ3) is 5.20. The summed E-state index contributed by atoms with van der Waals surface area (Å²) in [6, 6.07) is 7.98. The lowest BCUT2D eigenvalue weighted by atomic mass is 9.95. The van der Waals surface area contributed by atoms with Crippen LogP contribution in [0, 0.1) is 0 Å². The average molecular weight is 338 g/mol. The Kier molecular flexibility index (Phi) is 6.45. The van der Waals surface area contributed by atoms with Crippen LogP contribution >= 0.6 is 11.6 Å². The minimum atomic E-state index is -0.736. The number of halogens is 1. The Morgan fingerprint density at radius 2 is 1.91 bits per heavy atom. The van der Waals surface area contributed by atoms with Gasteiger partial charge in [-0.2, -0.15) is 0 Å². The van der Waals surface area contributed by atoms with Crippen molar-refractivity contribution in [3.8, 4) is 0 Å². The first-order valence-electron chi connectivity index (χ1n) is 8.47. The molecule has 0 radical (unpaired) electrons. The fourth-order valence-electron chi connectivity index (χ4n) is 3.17. The van der Waals surface area contributed by atoms with Crippen LogP contribution in [-0.4, -0.2) is 47.4 Å². The van der Waals surface area contributed by atoms with Gasteiger partial charge in [-0.15, -0.1) is 0 Å². The molecule has 1 aliphatic rings. The first-order chi connectivity index (χ1) is 10.9. The number of carbonyl (C=O) groups excluding carboxylic acids is 1. The summed E-state index contributed by atoms with van der Waals surface area (Å²) < 4.78 is 0. The first-order valence-corrected chi connectivity index (χ1v) is 8.85. The number of nitrogens with zero attached hydrogens (tertiary/aromatic N) is 2. The van der Waals surface area contributed by atoms with Gasteiger partial charge in [0.1, 0.15) is 0 Å². The molecule has 1 aliphatic heterocycles. The van der Waals surface area contributed by atoms with Crippen LogP contribution in [0.2, 0.25) is 5.02 Å². The number of benzene rings is 1. The van der Waals surface area contributed by atoms with Crippen LogP contribution < -0.4 is 5.73 Å². The van der Waals surface area contributed by atoms with Crippen LogP contribution in [0.4, 0.5) is 0 Å². The Labute approximate surface area is 144 Å². The number of hydrogen-bond acceptors (Lipinski definition) is 3. The van der Waals surface area contributed by atoms with Crippen LogP contribution in [0.15, 0.2) is 24.3 Å². The molecule has 1 fully saturated rings. The quantitative estimate of drug-likeness (QED) is 0.898. The molecule has 1 saturated heterocycles. The second-order valence-corrected chi connectivity index (χ2v) is 7.15. The van der Waals surface area contributed by atoms with E-state index in [1.54, 1.807) is 0 Å². The molecule has 2 rings (SSSR count). The standard InChI is InChI=1S/C18H28ClN3O/c1-3-9-18(2,20)17(23)22-11-4-10-21(12-13-22)14-15-5-7-16(19)8-6-15/h5-8H,3-4,9-14,20H2,1-2H3. The third-order valence-corrected chi connectivity index (χ3v) is 4.71. The van der Waals surface area contributed by atoms with Crippen LogP contribution in [0.1, 0.15) is 38.7 Å². The first kappa shape index (κ1) is 18.2. The van der Waals surface area contributed by atoms with E-state index < -0.39 is 5.54 Å². The van der Waals surface area contributed by atoms with Gasteiger partial charge in [-0.1, -0.05) is 37.1 Å². The predicted octanol–water partition coefficient (Wildman–Crippen LogP) is 2.89. The molecule has 0 aliphatic carbocycles. The Morgan fingerprint density at radius 3 is 2.57 bits per heavy atom. The fraction of sp³-hybridized carbons (Fsp3) is 0.611. The molecular formula is C18H28ClN3O. The lowest BCUT2D eigenvalue weighted by Crippen LogP contribution is -2.53. The summed E-state index contributed by atoms with van der Waals surface area (Å²) in [5, 5.41) is 0.763. The van der Waals surface area contributed by atoms with Crippen molar-refractivity contribution in [2.24, 2.45) is 5.73 Å². The highest BCUT2D eigenvalue weighted by Gasteiger charge is 2.32. The molecule has 23 heavy (non-hydrogen) atoms. The molecule has 2 N–H and O–H groups in total. The van der Waals surface area contributed by atoms with Gasteiger partial charge in [0.05, 0.1) is 5.54 Å². The van der Waals surface area contributed by atoms with Crippen LogP contribution in [0.5, 0.6) is 0 Å². The summed E-state index contributed by atoms with van der Waals surface area (Å²) in [6.07, 6.45) is 2.65. The highest BCUT2D eigenvalue weighted by atomic mass is 35.5. The second-order valence-electron chi connectivity index (χ2n) is 6.72. The van der Waals surface area contributed by atoms with E-state index in [9.17, 15) is 4.79 Å². The summed E-state index contributed by atoms with van der Waals surface area (Å²) in [4.78, 5) is 17.0. The topological polar surface area (TPSA) is 49.6 Å². The Hall–Kier alpha value is -1.10. The van der Waals surface area contributed by atoms with Crippen molar-refractivity contribution in [3.63, 3.8) is 0 Å². The van der Waals surface area contributed by atoms with Gasteiger partial charge in [0.2, 0.25) is 5.91 Å². The minimum Gasteiger partial charge on any atom is -0.340 e. The molecular weight excluding hydrogens is 310 g/mol. The number of nitrogens with two attached hydrogens (primary N) is 1. The zero-order chi connectivity index (χ0) is 16.9. The SMILES string of the molecule is CCCC(C)(N)C(=O)N1CCCN(Cc2ccc(Cl)cc2)CC1. The predicted molar refractivity (Wildman–Crippen MR) is 95.4 cm³/mol. The number of hydrogen-bond donors (Lipinski definition) is 1. The van der Waals surface area contributed by atoms with Crippen molar-refractivity contribution >= 4 is 17.5 Å². The fourth-order valence-corrected chi connectivity index (χ4v) is 3.29. The summed E-state index contributed by atoms with van der Waals surface area (Å²) >= 11 is 5.93.